The van der Waals surface area contributed by atoms with E-state index in [1.54, 1.807) is 15.6 Å². The maximum absolute atomic E-state index is 9.46. The molecule has 0 amide bonds. The molecule has 2 rings (SSSR count). The van der Waals surface area contributed by atoms with Gasteiger partial charge in [0.15, 0.2) is 0 Å². The lowest BCUT2D eigenvalue weighted by Crippen LogP contribution is -2.00. The highest BCUT2D eigenvalue weighted by atomic mass is 35.5. The van der Waals surface area contributed by atoms with Crippen molar-refractivity contribution in [1.29, 1.82) is 0 Å². The van der Waals surface area contributed by atoms with Crippen molar-refractivity contribution in [3.63, 3.8) is 0 Å². The Morgan fingerprint density at radius 3 is 2.78 bits per heavy atom. The number of rotatable bonds is 5. The standard InChI is InChI=1S/C12H17ClN4O/c1-3-4-7-17-12(13)9(8-18)11(15-17)10-5-6-14-16(10)2/h5-6,18H,3-4,7-8H2,1-2H3. The third-order valence-electron chi connectivity index (χ3n) is 2.93. The van der Waals surface area contributed by atoms with Crippen LogP contribution in [0.5, 0.6) is 0 Å². The molecule has 0 radical (unpaired) electrons. The highest BCUT2D eigenvalue weighted by Gasteiger charge is 2.18. The maximum atomic E-state index is 9.46. The topological polar surface area (TPSA) is 55.9 Å². The van der Waals surface area contributed by atoms with E-state index >= 15 is 0 Å². The maximum Gasteiger partial charge on any atom is 0.133 e. The van der Waals surface area contributed by atoms with Gasteiger partial charge in [0.2, 0.25) is 0 Å². The van der Waals surface area contributed by atoms with Gasteiger partial charge in [0.25, 0.3) is 0 Å². The Kier molecular flexibility index (Phi) is 4.04. The molecule has 1 N–H and O–H groups in total. The number of aliphatic hydroxyl groups is 1. The van der Waals surface area contributed by atoms with Crippen LogP contribution in [0.4, 0.5) is 0 Å². The molecule has 0 aromatic carbocycles. The first kappa shape index (κ1) is 13.1. The van der Waals surface area contributed by atoms with Crippen LogP contribution in [0.15, 0.2) is 12.3 Å². The molecule has 0 atom stereocenters. The Labute approximate surface area is 111 Å². The number of aromatic nitrogens is 4. The van der Waals surface area contributed by atoms with E-state index < -0.39 is 0 Å². The van der Waals surface area contributed by atoms with Gasteiger partial charge in [0.1, 0.15) is 10.8 Å². The number of aliphatic hydroxyl groups excluding tert-OH is 1. The van der Waals surface area contributed by atoms with Gasteiger partial charge in [0.05, 0.1) is 12.3 Å². The molecule has 2 heterocycles. The molecule has 18 heavy (non-hydrogen) atoms. The predicted molar refractivity (Wildman–Crippen MR) is 70.3 cm³/mol. The minimum absolute atomic E-state index is 0.120. The largest absolute Gasteiger partial charge is 0.391 e. The van der Waals surface area contributed by atoms with Crippen LogP contribution in [0.2, 0.25) is 5.15 Å². The molecule has 0 unspecified atom stereocenters. The van der Waals surface area contributed by atoms with Crippen LogP contribution in [0.1, 0.15) is 25.3 Å². The Morgan fingerprint density at radius 1 is 1.44 bits per heavy atom. The molecule has 0 saturated carbocycles. The molecule has 2 aromatic rings. The molecule has 0 bridgehead atoms. The van der Waals surface area contributed by atoms with E-state index in [0.29, 0.717) is 16.4 Å². The normalized spacial score (nSPS) is 11.1. The molecule has 0 aliphatic rings. The van der Waals surface area contributed by atoms with Crippen LogP contribution in [0.25, 0.3) is 11.4 Å². The quantitative estimate of drug-likeness (QED) is 0.905. The van der Waals surface area contributed by atoms with E-state index in [1.807, 2.05) is 13.1 Å². The van der Waals surface area contributed by atoms with E-state index in [1.165, 1.54) is 0 Å². The molecule has 0 aliphatic heterocycles. The first-order valence-corrected chi connectivity index (χ1v) is 6.41. The molecule has 5 nitrogen and oxygen atoms in total. The zero-order chi connectivity index (χ0) is 13.1. The molecule has 0 saturated heterocycles. The van der Waals surface area contributed by atoms with Gasteiger partial charge in [-0.2, -0.15) is 10.2 Å². The molecule has 0 aliphatic carbocycles. The fourth-order valence-electron chi connectivity index (χ4n) is 1.89. The number of unbranched alkanes of at least 4 members (excludes halogenated alkanes) is 1. The van der Waals surface area contributed by atoms with Gasteiger partial charge in [-0.25, -0.2) is 0 Å². The van der Waals surface area contributed by atoms with Crippen molar-refractivity contribution in [2.45, 2.75) is 32.9 Å². The minimum atomic E-state index is -0.120. The number of nitrogens with zero attached hydrogens (tertiary/aromatic N) is 4. The van der Waals surface area contributed by atoms with Crippen molar-refractivity contribution < 1.29 is 5.11 Å². The summed E-state index contributed by atoms with van der Waals surface area (Å²) in [5, 5.41) is 18.6. The van der Waals surface area contributed by atoms with Crippen LogP contribution < -0.4 is 0 Å². The van der Waals surface area contributed by atoms with Crippen molar-refractivity contribution in [3.8, 4) is 11.4 Å². The predicted octanol–water partition coefficient (Wildman–Crippen LogP) is 2.23. The second kappa shape index (κ2) is 5.54. The molecule has 0 fully saturated rings. The van der Waals surface area contributed by atoms with Crippen LogP contribution in [0.3, 0.4) is 0 Å². The fraction of sp³-hybridized carbons (Fsp3) is 0.500. The van der Waals surface area contributed by atoms with Gasteiger partial charge in [-0.15, -0.1) is 0 Å². The van der Waals surface area contributed by atoms with Crippen molar-refractivity contribution in [1.82, 2.24) is 19.6 Å². The number of hydrogen-bond donors (Lipinski definition) is 1. The highest BCUT2D eigenvalue weighted by molar-refractivity contribution is 6.30. The summed E-state index contributed by atoms with van der Waals surface area (Å²) in [5.74, 6) is 0. The lowest BCUT2D eigenvalue weighted by molar-refractivity contribution is 0.282. The minimum Gasteiger partial charge on any atom is -0.391 e. The van der Waals surface area contributed by atoms with Gasteiger partial charge in [0, 0.05) is 25.4 Å². The summed E-state index contributed by atoms with van der Waals surface area (Å²) in [4.78, 5) is 0. The molecule has 6 heteroatoms. The van der Waals surface area contributed by atoms with Crippen molar-refractivity contribution in [2.24, 2.45) is 7.05 Å². The second-order valence-corrected chi connectivity index (χ2v) is 4.55. The lowest BCUT2D eigenvalue weighted by Gasteiger charge is -2.00. The summed E-state index contributed by atoms with van der Waals surface area (Å²) in [5.41, 5.74) is 2.23. The lowest BCUT2D eigenvalue weighted by atomic mass is 10.2. The highest BCUT2D eigenvalue weighted by Crippen LogP contribution is 2.28. The van der Waals surface area contributed by atoms with E-state index in [4.69, 9.17) is 11.6 Å². The van der Waals surface area contributed by atoms with Crippen LogP contribution in [0, 0.1) is 0 Å². The molecular weight excluding hydrogens is 252 g/mol. The van der Waals surface area contributed by atoms with Gasteiger partial charge in [-0.3, -0.25) is 9.36 Å². The third kappa shape index (κ3) is 2.28. The van der Waals surface area contributed by atoms with E-state index in [9.17, 15) is 5.11 Å². The molecule has 0 spiro atoms. The molecule has 2 aromatic heterocycles. The third-order valence-corrected chi connectivity index (χ3v) is 3.35. The van der Waals surface area contributed by atoms with Crippen molar-refractivity contribution in [3.05, 3.63) is 23.0 Å². The average molecular weight is 269 g/mol. The van der Waals surface area contributed by atoms with Crippen LogP contribution in [-0.2, 0) is 20.2 Å². The van der Waals surface area contributed by atoms with Gasteiger partial charge in [-0.05, 0) is 12.5 Å². The number of halogens is 1. The Morgan fingerprint density at radius 2 is 2.22 bits per heavy atom. The first-order chi connectivity index (χ1) is 8.69. The smallest absolute Gasteiger partial charge is 0.133 e. The van der Waals surface area contributed by atoms with Crippen LogP contribution >= 0.6 is 11.6 Å². The SMILES string of the molecule is CCCCn1nc(-c2ccnn2C)c(CO)c1Cl. The molecule has 98 valence electrons. The Balaban J connectivity index is 2.44. The summed E-state index contributed by atoms with van der Waals surface area (Å²) >= 11 is 6.25. The fourth-order valence-corrected chi connectivity index (χ4v) is 2.16. The van der Waals surface area contributed by atoms with Crippen molar-refractivity contribution >= 4 is 11.6 Å². The van der Waals surface area contributed by atoms with Crippen molar-refractivity contribution in [2.75, 3.05) is 0 Å². The van der Waals surface area contributed by atoms with E-state index in [2.05, 4.69) is 17.1 Å². The summed E-state index contributed by atoms with van der Waals surface area (Å²) in [7, 11) is 1.84. The molecular formula is C12H17ClN4O. The van der Waals surface area contributed by atoms with E-state index in [-0.39, 0.29) is 6.61 Å². The Bertz CT molecular complexity index is 532. The first-order valence-electron chi connectivity index (χ1n) is 6.03. The summed E-state index contributed by atoms with van der Waals surface area (Å²) in [6.07, 6.45) is 3.79. The summed E-state index contributed by atoms with van der Waals surface area (Å²) in [6.45, 7) is 2.76. The summed E-state index contributed by atoms with van der Waals surface area (Å²) < 4.78 is 3.47. The van der Waals surface area contributed by atoms with Crippen LogP contribution in [-0.4, -0.2) is 24.7 Å². The average Bonchev–Trinajstić information content (AvgIpc) is 2.90. The second-order valence-electron chi connectivity index (χ2n) is 4.19. The zero-order valence-electron chi connectivity index (χ0n) is 10.6. The zero-order valence-corrected chi connectivity index (χ0v) is 11.4. The van der Waals surface area contributed by atoms with Gasteiger partial charge in [-0.1, -0.05) is 24.9 Å². The monoisotopic (exact) mass is 268 g/mol. The van der Waals surface area contributed by atoms with E-state index in [0.717, 1.165) is 25.1 Å². The van der Waals surface area contributed by atoms with Gasteiger partial charge >= 0.3 is 0 Å². The summed E-state index contributed by atoms with van der Waals surface area (Å²) in [6, 6.07) is 1.86. The van der Waals surface area contributed by atoms with Gasteiger partial charge < -0.3 is 5.11 Å². The Hall–Kier alpha value is -1.33. The number of hydrogen-bond acceptors (Lipinski definition) is 3. The number of aryl methyl sites for hydroxylation is 2.